The van der Waals surface area contributed by atoms with E-state index in [9.17, 15) is 13.2 Å². The number of halogens is 3. The molecule has 0 spiro atoms. The maximum atomic E-state index is 12.2. The summed E-state index contributed by atoms with van der Waals surface area (Å²) in [4.78, 5) is 3.48. The number of alkyl halides is 3. The minimum atomic E-state index is -4.38. The molecule has 78 valence electrons. The van der Waals surface area contributed by atoms with Gasteiger partial charge in [-0.15, -0.1) is 0 Å². The van der Waals surface area contributed by atoms with E-state index in [0.717, 1.165) is 12.3 Å². The molecule has 1 aromatic heterocycles. The Morgan fingerprint density at radius 1 is 1.40 bits per heavy atom. The Labute approximate surface area is 84.7 Å². The monoisotopic (exact) mass is 212 g/mol. The molecule has 0 aliphatic heterocycles. The van der Waals surface area contributed by atoms with Crippen LogP contribution in [0.3, 0.4) is 0 Å². The number of hydrogen-bond acceptors (Lipinski definition) is 2. The Hall–Kier alpha value is -1.83. The van der Waals surface area contributed by atoms with Gasteiger partial charge in [-0.25, -0.2) is 0 Å². The molecule has 0 saturated heterocycles. The van der Waals surface area contributed by atoms with Gasteiger partial charge in [0.25, 0.3) is 0 Å². The molecule has 1 rings (SSSR count). The number of allylic oxidation sites excluding steroid dienone is 1. The topological polar surface area (TPSA) is 36.7 Å². The number of nitrogens with zero attached hydrogens (tertiary/aromatic N) is 2. The van der Waals surface area contributed by atoms with E-state index in [1.807, 2.05) is 6.07 Å². The van der Waals surface area contributed by atoms with Crippen molar-refractivity contribution in [2.45, 2.75) is 12.6 Å². The lowest BCUT2D eigenvalue weighted by atomic mass is 10.2. The summed E-state index contributed by atoms with van der Waals surface area (Å²) in [5.74, 6) is 0. The normalized spacial score (nSPS) is 11.6. The van der Waals surface area contributed by atoms with E-state index in [2.05, 4.69) is 4.98 Å². The minimum Gasteiger partial charge on any atom is -0.263 e. The van der Waals surface area contributed by atoms with Crippen molar-refractivity contribution in [3.63, 3.8) is 0 Å². The lowest BCUT2D eigenvalue weighted by molar-refractivity contribution is -0.137. The molecule has 15 heavy (non-hydrogen) atoms. The first kappa shape index (κ1) is 11.2. The molecule has 0 saturated carbocycles. The Bertz CT molecular complexity index is 402. The van der Waals surface area contributed by atoms with Gasteiger partial charge >= 0.3 is 6.18 Å². The Balaban J connectivity index is 2.89. The van der Waals surface area contributed by atoms with Crippen molar-refractivity contribution in [2.75, 3.05) is 0 Å². The van der Waals surface area contributed by atoms with Crippen LogP contribution in [0.5, 0.6) is 0 Å². The summed E-state index contributed by atoms with van der Waals surface area (Å²) in [5, 5.41) is 8.23. The largest absolute Gasteiger partial charge is 0.417 e. The number of pyridine rings is 1. The smallest absolute Gasteiger partial charge is 0.263 e. The lowest BCUT2D eigenvalue weighted by Gasteiger charge is -2.05. The molecule has 5 heteroatoms. The van der Waals surface area contributed by atoms with Gasteiger partial charge < -0.3 is 0 Å². The van der Waals surface area contributed by atoms with Crippen LogP contribution in [-0.2, 0) is 6.18 Å². The molecule has 1 heterocycles. The van der Waals surface area contributed by atoms with Crippen LogP contribution in [0.25, 0.3) is 6.08 Å². The number of hydrogen-bond donors (Lipinski definition) is 0. The maximum absolute atomic E-state index is 12.2. The van der Waals surface area contributed by atoms with Crippen molar-refractivity contribution in [1.82, 2.24) is 4.98 Å². The van der Waals surface area contributed by atoms with Crippen LogP contribution < -0.4 is 0 Å². The lowest BCUT2D eigenvalue weighted by Crippen LogP contribution is -2.05. The molecule has 0 N–H and O–H groups in total. The quantitative estimate of drug-likeness (QED) is 0.755. The molecule has 0 radical (unpaired) electrons. The van der Waals surface area contributed by atoms with Crippen LogP contribution in [0.2, 0.25) is 0 Å². The number of rotatable bonds is 2. The first-order valence-corrected chi connectivity index (χ1v) is 4.10. The standard InChI is InChI=1S/C10H7F3N2/c11-10(12,13)9-5-8(6-15-7-9)3-1-2-4-14/h1,3,5-7H,2H2. The third-order valence-electron chi connectivity index (χ3n) is 1.61. The van der Waals surface area contributed by atoms with E-state index in [4.69, 9.17) is 5.26 Å². The molecule has 0 amide bonds. The van der Waals surface area contributed by atoms with E-state index in [0.29, 0.717) is 5.56 Å². The summed E-state index contributed by atoms with van der Waals surface area (Å²) in [7, 11) is 0. The Morgan fingerprint density at radius 2 is 2.13 bits per heavy atom. The second-order valence-corrected chi connectivity index (χ2v) is 2.77. The molecule has 1 aromatic rings. The van der Waals surface area contributed by atoms with Gasteiger partial charge in [-0.3, -0.25) is 4.98 Å². The minimum absolute atomic E-state index is 0.163. The van der Waals surface area contributed by atoms with Crippen molar-refractivity contribution in [3.8, 4) is 6.07 Å². The maximum Gasteiger partial charge on any atom is 0.417 e. The van der Waals surface area contributed by atoms with Crippen molar-refractivity contribution >= 4 is 6.08 Å². The first-order valence-electron chi connectivity index (χ1n) is 4.10. The fourth-order valence-electron chi connectivity index (χ4n) is 0.952. The number of aromatic nitrogens is 1. The Kier molecular flexibility index (Phi) is 3.45. The highest BCUT2D eigenvalue weighted by Gasteiger charge is 2.30. The number of nitriles is 1. The first-order chi connectivity index (χ1) is 7.04. The highest BCUT2D eigenvalue weighted by atomic mass is 19.4. The molecule has 0 unspecified atom stereocenters. The van der Waals surface area contributed by atoms with E-state index in [1.165, 1.54) is 18.3 Å². The third-order valence-corrected chi connectivity index (χ3v) is 1.61. The summed E-state index contributed by atoms with van der Waals surface area (Å²) in [6.45, 7) is 0. The second kappa shape index (κ2) is 4.60. The predicted molar refractivity (Wildman–Crippen MR) is 48.5 cm³/mol. The van der Waals surface area contributed by atoms with Crippen LogP contribution in [0.1, 0.15) is 17.5 Å². The van der Waals surface area contributed by atoms with Gasteiger partial charge in [0.1, 0.15) is 0 Å². The van der Waals surface area contributed by atoms with Crippen LogP contribution in [-0.4, -0.2) is 4.98 Å². The molecule has 0 aliphatic carbocycles. The molecule has 0 aliphatic rings. The zero-order chi connectivity index (χ0) is 11.3. The zero-order valence-electron chi connectivity index (χ0n) is 7.62. The van der Waals surface area contributed by atoms with Crippen molar-refractivity contribution < 1.29 is 13.2 Å². The molecule has 0 atom stereocenters. The van der Waals surface area contributed by atoms with Gasteiger partial charge in [0.2, 0.25) is 0 Å². The van der Waals surface area contributed by atoms with E-state index in [1.54, 1.807) is 0 Å². The van der Waals surface area contributed by atoms with Gasteiger partial charge in [0, 0.05) is 12.4 Å². The fraction of sp³-hybridized carbons (Fsp3) is 0.200. The molecule has 2 nitrogen and oxygen atoms in total. The SMILES string of the molecule is N#CCC=Cc1cncc(C(F)(F)F)c1. The predicted octanol–water partition coefficient (Wildman–Crippen LogP) is 3.03. The Morgan fingerprint density at radius 3 is 2.73 bits per heavy atom. The summed E-state index contributed by atoms with van der Waals surface area (Å²) in [5.41, 5.74) is -0.457. The van der Waals surface area contributed by atoms with Crippen LogP contribution in [0, 0.1) is 11.3 Å². The van der Waals surface area contributed by atoms with Gasteiger partial charge in [0.15, 0.2) is 0 Å². The van der Waals surface area contributed by atoms with Crippen molar-refractivity contribution in [2.24, 2.45) is 0 Å². The van der Waals surface area contributed by atoms with Crippen molar-refractivity contribution in [1.29, 1.82) is 5.26 Å². The second-order valence-electron chi connectivity index (χ2n) is 2.77. The molecule has 0 bridgehead atoms. The molecular formula is C10H7F3N2. The van der Waals surface area contributed by atoms with Gasteiger partial charge in [0.05, 0.1) is 18.1 Å². The van der Waals surface area contributed by atoms with Crippen molar-refractivity contribution in [3.05, 3.63) is 35.7 Å². The fourth-order valence-corrected chi connectivity index (χ4v) is 0.952. The van der Waals surface area contributed by atoms with E-state index < -0.39 is 11.7 Å². The molecular weight excluding hydrogens is 205 g/mol. The van der Waals surface area contributed by atoms with Gasteiger partial charge in [-0.05, 0) is 11.6 Å². The van der Waals surface area contributed by atoms with Gasteiger partial charge in [-0.1, -0.05) is 12.2 Å². The highest BCUT2D eigenvalue weighted by molar-refractivity contribution is 5.49. The molecule has 0 fully saturated rings. The van der Waals surface area contributed by atoms with E-state index >= 15 is 0 Å². The average molecular weight is 212 g/mol. The summed E-state index contributed by atoms with van der Waals surface area (Å²) < 4.78 is 36.7. The van der Waals surface area contributed by atoms with Gasteiger partial charge in [-0.2, -0.15) is 18.4 Å². The van der Waals surface area contributed by atoms with Crippen LogP contribution >= 0.6 is 0 Å². The zero-order valence-corrected chi connectivity index (χ0v) is 7.62. The van der Waals surface area contributed by atoms with Crippen LogP contribution in [0.4, 0.5) is 13.2 Å². The average Bonchev–Trinajstić information content (AvgIpc) is 2.17. The third kappa shape index (κ3) is 3.43. The summed E-state index contributed by atoms with van der Waals surface area (Å²) in [6, 6.07) is 2.84. The summed E-state index contributed by atoms with van der Waals surface area (Å²) in [6.07, 6.45) is 0.774. The summed E-state index contributed by atoms with van der Waals surface area (Å²) >= 11 is 0. The highest BCUT2D eigenvalue weighted by Crippen LogP contribution is 2.29. The van der Waals surface area contributed by atoms with Crippen LogP contribution in [0.15, 0.2) is 24.5 Å². The van der Waals surface area contributed by atoms with E-state index in [-0.39, 0.29) is 6.42 Å². The molecule has 0 aromatic carbocycles.